The first-order valence-corrected chi connectivity index (χ1v) is 8.26. The summed E-state index contributed by atoms with van der Waals surface area (Å²) in [6.07, 6.45) is -4.15. The largest absolute Gasteiger partial charge is 0.433 e. The van der Waals surface area contributed by atoms with E-state index in [9.17, 15) is 18.3 Å². The molecule has 0 bridgehead atoms. The maximum atomic E-state index is 13.2. The predicted molar refractivity (Wildman–Crippen MR) is 95.2 cm³/mol. The maximum Gasteiger partial charge on any atom is 0.433 e. The highest BCUT2D eigenvalue weighted by molar-refractivity contribution is 6.30. The molecule has 0 fully saturated rings. The minimum absolute atomic E-state index is 0.0440. The number of hydrogen-bond donors (Lipinski definition) is 2. The van der Waals surface area contributed by atoms with Crippen LogP contribution in [0.5, 0.6) is 0 Å². The Hall–Kier alpha value is -2.71. The van der Waals surface area contributed by atoms with Crippen LogP contribution in [-0.4, -0.2) is 26.6 Å². The van der Waals surface area contributed by atoms with Crippen molar-refractivity contribution in [3.8, 4) is 11.5 Å². The van der Waals surface area contributed by atoms with Gasteiger partial charge in [-0.2, -0.15) is 13.2 Å². The molecule has 2 N–H and O–H groups in total. The fraction of sp³-hybridized carbons (Fsp3) is 0.167. The van der Waals surface area contributed by atoms with Gasteiger partial charge in [0.1, 0.15) is 11.5 Å². The van der Waals surface area contributed by atoms with E-state index in [1.807, 2.05) is 0 Å². The third-order valence-electron chi connectivity index (χ3n) is 3.64. The van der Waals surface area contributed by atoms with Crippen molar-refractivity contribution in [1.82, 2.24) is 15.0 Å². The molecule has 140 valence electrons. The summed E-state index contributed by atoms with van der Waals surface area (Å²) in [7, 11) is 0. The lowest BCUT2D eigenvalue weighted by molar-refractivity contribution is -0.141. The van der Waals surface area contributed by atoms with Crippen LogP contribution in [0.4, 0.5) is 19.0 Å². The predicted octanol–water partition coefficient (Wildman–Crippen LogP) is 4.36. The first-order chi connectivity index (χ1) is 12.8. The second-order valence-corrected chi connectivity index (χ2v) is 6.06. The Kier molecular flexibility index (Phi) is 5.57. The molecule has 27 heavy (non-hydrogen) atoms. The van der Waals surface area contributed by atoms with Gasteiger partial charge in [-0.15, -0.1) is 0 Å². The summed E-state index contributed by atoms with van der Waals surface area (Å²) in [6, 6.07) is 12.1. The zero-order valence-electron chi connectivity index (χ0n) is 13.8. The van der Waals surface area contributed by atoms with Crippen LogP contribution < -0.4 is 5.32 Å². The van der Waals surface area contributed by atoms with E-state index >= 15 is 0 Å². The number of aliphatic hydroxyl groups is 1. The number of halogens is 4. The van der Waals surface area contributed by atoms with Crippen molar-refractivity contribution in [3.63, 3.8) is 0 Å². The van der Waals surface area contributed by atoms with Crippen molar-refractivity contribution in [3.05, 3.63) is 71.0 Å². The lowest BCUT2D eigenvalue weighted by Crippen LogP contribution is -2.16. The van der Waals surface area contributed by atoms with E-state index < -0.39 is 18.0 Å². The van der Waals surface area contributed by atoms with Crippen molar-refractivity contribution in [1.29, 1.82) is 0 Å². The molecule has 0 aliphatic rings. The Morgan fingerprint density at radius 2 is 1.81 bits per heavy atom. The van der Waals surface area contributed by atoms with Gasteiger partial charge >= 0.3 is 6.18 Å². The molecule has 0 radical (unpaired) electrons. The number of rotatable bonds is 5. The molecule has 3 aromatic rings. The molecule has 1 unspecified atom stereocenters. The first kappa shape index (κ1) is 19.1. The van der Waals surface area contributed by atoms with Crippen molar-refractivity contribution in [2.45, 2.75) is 12.3 Å². The van der Waals surface area contributed by atoms with Gasteiger partial charge in [0.15, 0.2) is 11.5 Å². The van der Waals surface area contributed by atoms with E-state index in [-0.39, 0.29) is 23.9 Å². The van der Waals surface area contributed by atoms with Crippen molar-refractivity contribution < 1.29 is 18.3 Å². The van der Waals surface area contributed by atoms with Gasteiger partial charge in [-0.05, 0) is 29.8 Å². The van der Waals surface area contributed by atoms with E-state index in [0.29, 0.717) is 10.6 Å². The Bertz CT molecular complexity index is 905. The quantitative estimate of drug-likeness (QED) is 0.673. The number of pyridine rings is 1. The molecular formula is C18H14ClF3N4O. The number of nitrogens with one attached hydrogen (secondary N) is 1. The summed E-state index contributed by atoms with van der Waals surface area (Å²) in [5, 5.41) is 13.4. The zero-order valence-corrected chi connectivity index (χ0v) is 14.5. The van der Waals surface area contributed by atoms with Crippen LogP contribution in [0.2, 0.25) is 5.02 Å². The minimum atomic E-state index is -4.64. The summed E-state index contributed by atoms with van der Waals surface area (Å²) in [5.41, 5.74) is -0.312. The number of hydrogen-bond acceptors (Lipinski definition) is 5. The number of nitrogens with zero attached hydrogens (tertiary/aromatic N) is 3. The van der Waals surface area contributed by atoms with Gasteiger partial charge in [-0.25, -0.2) is 9.97 Å². The molecule has 5 nitrogen and oxygen atoms in total. The van der Waals surface area contributed by atoms with Crippen molar-refractivity contribution in [2.75, 3.05) is 11.9 Å². The topological polar surface area (TPSA) is 70.9 Å². The third kappa shape index (κ3) is 4.93. The van der Waals surface area contributed by atoms with E-state index in [1.165, 1.54) is 12.3 Å². The SMILES string of the molecule is OC(CNc1cc(C(F)(F)F)nc(-c2ccccn2)n1)c1ccc(Cl)cc1. The molecule has 0 amide bonds. The van der Waals surface area contributed by atoms with Crippen LogP contribution in [0.1, 0.15) is 17.4 Å². The number of anilines is 1. The standard InChI is InChI=1S/C18H14ClF3N4O/c19-12-6-4-11(5-7-12)14(27)10-24-16-9-15(18(20,21)22)25-17(26-16)13-3-1-2-8-23-13/h1-9,14,27H,10H2,(H,24,25,26). The average molecular weight is 395 g/mol. The molecule has 1 atom stereocenters. The lowest BCUT2D eigenvalue weighted by Gasteiger charge is -2.15. The van der Waals surface area contributed by atoms with Gasteiger partial charge in [0.2, 0.25) is 0 Å². The van der Waals surface area contributed by atoms with Crippen LogP contribution in [0.15, 0.2) is 54.7 Å². The summed E-state index contributed by atoms with van der Waals surface area (Å²) < 4.78 is 39.5. The molecule has 9 heteroatoms. The van der Waals surface area contributed by atoms with Gasteiger partial charge in [0.05, 0.1) is 6.10 Å². The lowest BCUT2D eigenvalue weighted by atomic mass is 10.1. The second-order valence-electron chi connectivity index (χ2n) is 5.62. The van der Waals surface area contributed by atoms with E-state index in [0.717, 1.165) is 6.07 Å². The van der Waals surface area contributed by atoms with Crippen LogP contribution in [0, 0.1) is 0 Å². The summed E-state index contributed by atoms with van der Waals surface area (Å²) in [6.45, 7) is -0.0440. The van der Waals surface area contributed by atoms with Crippen molar-refractivity contribution in [2.24, 2.45) is 0 Å². The maximum absolute atomic E-state index is 13.2. The van der Waals surface area contributed by atoms with Crippen LogP contribution >= 0.6 is 11.6 Å². The van der Waals surface area contributed by atoms with Gasteiger partial charge in [0, 0.05) is 23.8 Å². The molecule has 2 heterocycles. The highest BCUT2D eigenvalue weighted by atomic mass is 35.5. The van der Waals surface area contributed by atoms with Crippen LogP contribution in [0.3, 0.4) is 0 Å². The number of alkyl halides is 3. The van der Waals surface area contributed by atoms with Gasteiger partial charge in [-0.1, -0.05) is 29.8 Å². The molecule has 0 aliphatic heterocycles. The first-order valence-electron chi connectivity index (χ1n) is 7.88. The highest BCUT2D eigenvalue weighted by Gasteiger charge is 2.34. The summed E-state index contributed by atoms with van der Waals surface area (Å²) in [4.78, 5) is 11.6. The second kappa shape index (κ2) is 7.89. The Morgan fingerprint density at radius 3 is 2.44 bits per heavy atom. The fourth-order valence-corrected chi connectivity index (χ4v) is 2.42. The average Bonchev–Trinajstić information content (AvgIpc) is 2.66. The Balaban J connectivity index is 1.84. The third-order valence-corrected chi connectivity index (χ3v) is 3.89. The number of benzene rings is 1. The van der Waals surface area contributed by atoms with E-state index in [2.05, 4.69) is 20.3 Å². The number of aromatic nitrogens is 3. The smallest absolute Gasteiger partial charge is 0.387 e. The van der Waals surface area contributed by atoms with Gasteiger partial charge in [0.25, 0.3) is 0 Å². The molecule has 1 aromatic carbocycles. The van der Waals surface area contributed by atoms with E-state index in [1.54, 1.807) is 36.4 Å². The summed E-state index contributed by atoms with van der Waals surface area (Å²) >= 11 is 5.80. The molecule has 3 rings (SSSR count). The Labute approximate surface area is 157 Å². The van der Waals surface area contributed by atoms with Crippen LogP contribution in [0.25, 0.3) is 11.5 Å². The van der Waals surface area contributed by atoms with Crippen molar-refractivity contribution >= 4 is 17.4 Å². The summed E-state index contributed by atoms with van der Waals surface area (Å²) in [5.74, 6) is -0.222. The highest BCUT2D eigenvalue weighted by Crippen LogP contribution is 2.30. The minimum Gasteiger partial charge on any atom is -0.387 e. The van der Waals surface area contributed by atoms with Gasteiger partial charge in [-0.3, -0.25) is 4.98 Å². The fourth-order valence-electron chi connectivity index (χ4n) is 2.30. The molecule has 0 saturated heterocycles. The molecular weight excluding hydrogens is 381 g/mol. The zero-order chi connectivity index (χ0) is 19.4. The Morgan fingerprint density at radius 1 is 1.07 bits per heavy atom. The number of aliphatic hydroxyl groups excluding tert-OH is 1. The molecule has 0 saturated carbocycles. The van der Waals surface area contributed by atoms with Crippen LogP contribution in [-0.2, 0) is 6.18 Å². The van der Waals surface area contributed by atoms with Gasteiger partial charge < -0.3 is 10.4 Å². The normalized spacial score (nSPS) is 12.6. The monoisotopic (exact) mass is 394 g/mol. The van der Waals surface area contributed by atoms with E-state index in [4.69, 9.17) is 11.6 Å². The molecule has 2 aromatic heterocycles. The molecule has 0 aliphatic carbocycles. The molecule has 0 spiro atoms.